The number of hydrogen-bond acceptors (Lipinski definition) is 6. The van der Waals surface area contributed by atoms with Crippen LogP contribution in [0.15, 0.2) is 18.3 Å². The highest BCUT2D eigenvalue weighted by atomic mass is 16.5. The Morgan fingerprint density at radius 1 is 1.19 bits per heavy atom. The molecule has 3 aliphatic rings. The fraction of sp³-hybridized carbons (Fsp3) is 0.652. The number of pyridine rings is 1. The van der Waals surface area contributed by atoms with Gasteiger partial charge in [-0.15, -0.1) is 0 Å². The molecule has 3 fully saturated rings. The van der Waals surface area contributed by atoms with Gasteiger partial charge in [-0.25, -0.2) is 9.78 Å². The number of aromatic nitrogens is 1. The van der Waals surface area contributed by atoms with Crippen molar-refractivity contribution in [1.82, 2.24) is 20.5 Å². The lowest BCUT2D eigenvalue weighted by Gasteiger charge is -2.36. The Hall–Kier alpha value is -2.68. The average molecular weight is 444 g/mol. The number of nitrogens with zero attached hydrogens (tertiary/aromatic N) is 3. The average Bonchev–Trinajstić information content (AvgIpc) is 2.99. The molecule has 1 aromatic rings. The van der Waals surface area contributed by atoms with E-state index in [4.69, 9.17) is 4.74 Å². The molecule has 9 nitrogen and oxygen atoms in total. The van der Waals surface area contributed by atoms with E-state index < -0.39 is 5.54 Å². The van der Waals surface area contributed by atoms with Crippen LogP contribution in [0.25, 0.3) is 0 Å². The lowest BCUT2D eigenvalue weighted by molar-refractivity contribution is -0.132. The molecule has 0 aromatic carbocycles. The van der Waals surface area contributed by atoms with Crippen molar-refractivity contribution in [1.29, 1.82) is 0 Å². The molecule has 174 valence electrons. The molecule has 0 radical (unpaired) electrons. The van der Waals surface area contributed by atoms with Gasteiger partial charge < -0.3 is 20.3 Å². The van der Waals surface area contributed by atoms with Gasteiger partial charge in [-0.1, -0.05) is 25.3 Å². The maximum Gasteiger partial charge on any atom is 0.325 e. The van der Waals surface area contributed by atoms with Gasteiger partial charge in [0.15, 0.2) is 0 Å². The molecule has 2 aliphatic heterocycles. The fourth-order valence-corrected chi connectivity index (χ4v) is 4.95. The highest BCUT2D eigenvalue weighted by Gasteiger charge is 2.51. The molecule has 3 heterocycles. The molecule has 4 rings (SSSR count). The normalized spacial score (nSPS) is 25.2. The molecular formula is C23H33N5O4. The number of nitrogens with one attached hydrogen (secondary N) is 2. The summed E-state index contributed by atoms with van der Waals surface area (Å²) >= 11 is 0. The van der Waals surface area contributed by atoms with Gasteiger partial charge in [-0.05, 0) is 38.3 Å². The summed E-state index contributed by atoms with van der Waals surface area (Å²) in [4.78, 5) is 45.3. The molecule has 0 unspecified atom stereocenters. The fourth-order valence-electron chi connectivity index (χ4n) is 4.95. The molecule has 4 amide bonds. The van der Waals surface area contributed by atoms with Crippen molar-refractivity contribution in [3.63, 3.8) is 0 Å². The summed E-state index contributed by atoms with van der Waals surface area (Å²) in [5.41, 5.74) is 0.155. The van der Waals surface area contributed by atoms with Gasteiger partial charge in [0, 0.05) is 38.8 Å². The Morgan fingerprint density at radius 2 is 1.91 bits per heavy atom. The molecular weight excluding hydrogens is 410 g/mol. The van der Waals surface area contributed by atoms with E-state index in [-0.39, 0.29) is 43.0 Å². The van der Waals surface area contributed by atoms with E-state index in [2.05, 4.69) is 34.4 Å². The number of hydrogen-bond donors (Lipinski definition) is 2. The molecule has 1 saturated carbocycles. The monoisotopic (exact) mass is 443 g/mol. The number of amides is 4. The summed E-state index contributed by atoms with van der Waals surface area (Å²) in [5.74, 6) is 0.522. The molecule has 1 aromatic heterocycles. The number of carbonyl (C=O) groups excluding carboxylic acids is 3. The van der Waals surface area contributed by atoms with Gasteiger partial charge in [-0.2, -0.15) is 0 Å². The van der Waals surface area contributed by atoms with Crippen LogP contribution in [-0.2, 0) is 20.9 Å². The van der Waals surface area contributed by atoms with Gasteiger partial charge >= 0.3 is 6.03 Å². The largest absolute Gasteiger partial charge is 0.372 e. The standard InChI is InChI=1S/C23H33N5O4/c1-16-14-27(15-17(2)32-16)19-7-6-18(12-24-19)13-25-20(29)8-11-28-21(30)23(26-22(28)31)9-4-3-5-10-23/h6-7,12,16-17H,3-5,8-11,13-15H2,1-2H3,(H,25,29)(H,26,31)/t16-,17-/m1/s1. The number of urea groups is 1. The first-order chi connectivity index (χ1) is 15.4. The third-order valence-corrected chi connectivity index (χ3v) is 6.56. The van der Waals surface area contributed by atoms with E-state index in [0.29, 0.717) is 19.4 Å². The molecule has 2 N–H and O–H groups in total. The Morgan fingerprint density at radius 3 is 2.56 bits per heavy atom. The second-order valence-corrected chi connectivity index (χ2v) is 9.24. The third kappa shape index (κ3) is 4.87. The minimum atomic E-state index is -0.741. The van der Waals surface area contributed by atoms with Crippen molar-refractivity contribution >= 4 is 23.7 Å². The van der Waals surface area contributed by atoms with Gasteiger partial charge in [0.1, 0.15) is 11.4 Å². The quantitative estimate of drug-likeness (QED) is 0.652. The van der Waals surface area contributed by atoms with E-state index in [9.17, 15) is 14.4 Å². The number of imide groups is 1. The minimum Gasteiger partial charge on any atom is -0.372 e. The van der Waals surface area contributed by atoms with Crippen LogP contribution in [0.1, 0.15) is 57.9 Å². The predicted octanol–water partition coefficient (Wildman–Crippen LogP) is 1.96. The number of anilines is 1. The van der Waals surface area contributed by atoms with Crippen LogP contribution in [-0.4, -0.2) is 65.1 Å². The highest BCUT2D eigenvalue weighted by Crippen LogP contribution is 2.33. The smallest absolute Gasteiger partial charge is 0.325 e. The summed E-state index contributed by atoms with van der Waals surface area (Å²) in [6.45, 7) is 6.17. The maximum absolute atomic E-state index is 12.8. The molecule has 9 heteroatoms. The summed E-state index contributed by atoms with van der Waals surface area (Å²) in [6, 6.07) is 3.54. The van der Waals surface area contributed by atoms with Gasteiger partial charge in [-0.3, -0.25) is 14.5 Å². The second kappa shape index (κ2) is 9.44. The molecule has 2 saturated heterocycles. The van der Waals surface area contributed by atoms with Crippen LogP contribution in [0.4, 0.5) is 10.6 Å². The molecule has 32 heavy (non-hydrogen) atoms. The van der Waals surface area contributed by atoms with E-state index in [0.717, 1.165) is 43.7 Å². The van der Waals surface area contributed by atoms with Crippen molar-refractivity contribution in [2.45, 2.75) is 76.7 Å². The first kappa shape index (κ1) is 22.5. The molecule has 0 bridgehead atoms. The summed E-state index contributed by atoms with van der Waals surface area (Å²) in [7, 11) is 0. The van der Waals surface area contributed by atoms with Crippen molar-refractivity contribution in [2.24, 2.45) is 0 Å². The predicted molar refractivity (Wildman–Crippen MR) is 119 cm³/mol. The number of morpholine rings is 1. The summed E-state index contributed by atoms with van der Waals surface area (Å²) in [5, 5.41) is 5.73. The zero-order valence-electron chi connectivity index (χ0n) is 18.9. The van der Waals surface area contributed by atoms with Crippen LogP contribution in [0, 0.1) is 0 Å². The molecule has 1 spiro atoms. The highest BCUT2D eigenvalue weighted by molar-refractivity contribution is 6.07. The first-order valence-corrected chi connectivity index (χ1v) is 11.6. The van der Waals surface area contributed by atoms with Crippen molar-refractivity contribution < 1.29 is 19.1 Å². The molecule has 2 atom stereocenters. The maximum atomic E-state index is 12.8. The van der Waals surface area contributed by atoms with Crippen molar-refractivity contribution in [3.05, 3.63) is 23.9 Å². The minimum absolute atomic E-state index is 0.0876. The zero-order valence-corrected chi connectivity index (χ0v) is 18.9. The van der Waals surface area contributed by atoms with E-state index in [1.807, 2.05) is 12.1 Å². The number of ether oxygens (including phenoxy) is 1. The second-order valence-electron chi connectivity index (χ2n) is 9.24. The van der Waals surface area contributed by atoms with Crippen LogP contribution in [0.5, 0.6) is 0 Å². The topological polar surface area (TPSA) is 104 Å². The third-order valence-electron chi connectivity index (χ3n) is 6.56. The Labute approximate surface area is 188 Å². The van der Waals surface area contributed by atoms with Gasteiger partial charge in [0.25, 0.3) is 5.91 Å². The van der Waals surface area contributed by atoms with Crippen LogP contribution in [0.3, 0.4) is 0 Å². The lowest BCUT2D eigenvalue weighted by atomic mass is 9.82. The van der Waals surface area contributed by atoms with Crippen LogP contribution < -0.4 is 15.5 Å². The summed E-state index contributed by atoms with van der Waals surface area (Å²) in [6.07, 6.45) is 6.53. The number of rotatable bonds is 6. The number of carbonyl (C=O) groups is 3. The van der Waals surface area contributed by atoms with Gasteiger partial charge in [0.05, 0.1) is 12.2 Å². The van der Waals surface area contributed by atoms with E-state index in [1.165, 1.54) is 4.90 Å². The lowest BCUT2D eigenvalue weighted by Crippen LogP contribution is -2.48. The van der Waals surface area contributed by atoms with Crippen molar-refractivity contribution in [2.75, 3.05) is 24.5 Å². The zero-order chi connectivity index (χ0) is 22.7. The van der Waals surface area contributed by atoms with Crippen LogP contribution in [0.2, 0.25) is 0 Å². The van der Waals surface area contributed by atoms with Gasteiger partial charge in [0.2, 0.25) is 5.91 Å². The van der Waals surface area contributed by atoms with E-state index in [1.54, 1.807) is 6.20 Å². The Balaban J connectivity index is 1.24. The molecule has 1 aliphatic carbocycles. The van der Waals surface area contributed by atoms with E-state index >= 15 is 0 Å². The summed E-state index contributed by atoms with van der Waals surface area (Å²) < 4.78 is 5.77. The Kier molecular flexibility index (Phi) is 6.64. The van der Waals surface area contributed by atoms with Crippen LogP contribution >= 0.6 is 0 Å². The SMILES string of the molecule is C[C@@H]1CN(c2ccc(CNC(=O)CCN3C(=O)NC4(CCCCC4)C3=O)cn2)C[C@@H](C)O1. The van der Waals surface area contributed by atoms with Crippen molar-refractivity contribution in [3.8, 4) is 0 Å². The Bertz CT molecular complexity index is 842. The first-order valence-electron chi connectivity index (χ1n) is 11.6.